The summed E-state index contributed by atoms with van der Waals surface area (Å²) in [6.45, 7) is 3.19. The van der Waals surface area contributed by atoms with Crippen molar-refractivity contribution >= 4 is 17.3 Å². The first-order chi connectivity index (χ1) is 10.2. The molecule has 0 saturated heterocycles. The van der Waals surface area contributed by atoms with Gasteiger partial charge in [0, 0.05) is 17.5 Å². The van der Waals surface area contributed by atoms with Gasteiger partial charge in [-0.25, -0.2) is 0 Å². The molecule has 3 unspecified atom stereocenters. The summed E-state index contributed by atoms with van der Waals surface area (Å²) in [6.07, 6.45) is 8.46. The number of hydrogen-bond donors (Lipinski definition) is 1. The molecule has 1 fully saturated rings. The standard InChI is InChI=1S/C17H25NO2S/c1-2-12-4-3-5-13(7-6-12)18-10-8-15-14(9-11-21-15)16(18)17(19)20/h9,11-13,16H,2-8,10H2,1H3,(H,19,20). The van der Waals surface area contributed by atoms with Crippen molar-refractivity contribution in [1.29, 1.82) is 0 Å². The molecule has 2 aliphatic rings. The van der Waals surface area contributed by atoms with Crippen LogP contribution in [0, 0.1) is 5.92 Å². The Kier molecular flexibility index (Phi) is 4.65. The number of rotatable bonds is 3. The molecule has 3 nitrogen and oxygen atoms in total. The second-order valence-corrected chi connectivity index (χ2v) is 7.46. The highest BCUT2D eigenvalue weighted by Crippen LogP contribution is 2.38. The van der Waals surface area contributed by atoms with Gasteiger partial charge in [0.25, 0.3) is 0 Å². The van der Waals surface area contributed by atoms with Gasteiger partial charge in [-0.3, -0.25) is 9.69 Å². The summed E-state index contributed by atoms with van der Waals surface area (Å²) >= 11 is 1.71. The first-order valence-corrected chi connectivity index (χ1v) is 9.13. The summed E-state index contributed by atoms with van der Waals surface area (Å²) in [5.74, 6) is 0.172. The van der Waals surface area contributed by atoms with Crippen LogP contribution in [0.25, 0.3) is 0 Å². The van der Waals surface area contributed by atoms with Crippen LogP contribution in [-0.4, -0.2) is 28.6 Å². The summed E-state index contributed by atoms with van der Waals surface area (Å²) in [6, 6.07) is 2.06. The van der Waals surface area contributed by atoms with Crippen molar-refractivity contribution < 1.29 is 9.90 Å². The van der Waals surface area contributed by atoms with Crippen LogP contribution in [-0.2, 0) is 11.2 Å². The summed E-state index contributed by atoms with van der Waals surface area (Å²) in [5, 5.41) is 11.8. The topological polar surface area (TPSA) is 40.5 Å². The van der Waals surface area contributed by atoms with Gasteiger partial charge in [0.2, 0.25) is 0 Å². The number of hydrogen-bond acceptors (Lipinski definition) is 3. The third-order valence-corrected chi connectivity index (χ3v) is 6.34. The molecule has 0 amide bonds. The minimum atomic E-state index is -0.675. The maximum atomic E-state index is 11.8. The van der Waals surface area contributed by atoms with Crippen molar-refractivity contribution in [2.75, 3.05) is 6.54 Å². The van der Waals surface area contributed by atoms with E-state index in [1.54, 1.807) is 11.3 Å². The van der Waals surface area contributed by atoms with Gasteiger partial charge in [-0.05, 0) is 48.6 Å². The fraction of sp³-hybridized carbons (Fsp3) is 0.706. The molecule has 4 heteroatoms. The van der Waals surface area contributed by atoms with Crippen LogP contribution in [0.2, 0.25) is 0 Å². The molecule has 3 rings (SSSR count). The molecular weight excluding hydrogens is 282 g/mol. The fourth-order valence-electron chi connectivity index (χ4n) is 4.10. The third-order valence-electron chi connectivity index (χ3n) is 5.34. The largest absolute Gasteiger partial charge is 0.480 e. The minimum Gasteiger partial charge on any atom is -0.480 e. The second kappa shape index (κ2) is 6.49. The first kappa shape index (κ1) is 15.0. The Morgan fingerprint density at radius 1 is 1.38 bits per heavy atom. The fourth-order valence-corrected chi connectivity index (χ4v) is 5.01. The molecule has 2 heterocycles. The molecule has 0 aromatic carbocycles. The Morgan fingerprint density at radius 3 is 3.00 bits per heavy atom. The molecule has 0 bridgehead atoms. The van der Waals surface area contributed by atoms with E-state index >= 15 is 0 Å². The zero-order valence-electron chi connectivity index (χ0n) is 12.8. The van der Waals surface area contributed by atoms with Crippen LogP contribution in [0.4, 0.5) is 0 Å². The second-order valence-electron chi connectivity index (χ2n) is 6.46. The normalized spacial score (nSPS) is 30.6. The van der Waals surface area contributed by atoms with E-state index in [-0.39, 0.29) is 0 Å². The van der Waals surface area contributed by atoms with Crippen LogP contribution in [0.3, 0.4) is 0 Å². The van der Waals surface area contributed by atoms with E-state index in [0.717, 1.165) is 24.4 Å². The molecule has 1 N–H and O–H groups in total. The number of fused-ring (bicyclic) bond motifs is 1. The molecule has 1 aliphatic heterocycles. The van der Waals surface area contributed by atoms with E-state index in [2.05, 4.69) is 11.8 Å². The average Bonchev–Trinajstić information content (AvgIpc) is 2.82. The summed E-state index contributed by atoms with van der Waals surface area (Å²) in [7, 11) is 0. The Balaban J connectivity index is 1.79. The maximum absolute atomic E-state index is 11.8. The Morgan fingerprint density at radius 2 is 2.24 bits per heavy atom. The molecule has 21 heavy (non-hydrogen) atoms. The monoisotopic (exact) mass is 307 g/mol. The van der Waals surface area contributed by atoms with Gasteiger partial charge < -0.3 is 5.11 Å². The maximum Gasteiger partial charge on any atom is 0.325 e. The average molecular weight is 307 g/mol. The highest BCUT2D eigenvalue weighted by molar-refractivity contribution is 7.10. The Bertz CT molecular complexity index is 499. The number of carbonyl (C=O) groups is 1. The van der Waals surface area contributed by atoms with Crippen molar-refractivity contribution in [3.8, 4) is 0 Å². The smallest absolute Gasteiger partial charge is 0.325 e. The minimum absolute atomic E-state index is 0.414. The van der Waals surface area contributed by atoms with Crippen LogP contribution < -0.4 is 0 Å². The van der Waals surface area contributed by atoms with Gasteiger partial charge in [-0.2, -0.15) is 0 Å². The van der Waals surface area contributed by atoms with E-state index in [4.69, 9.17) is 0 Å². The van der Waals surface area contributed by atoms with Crippen LogP contribution >= 0.6 is 11.3 Å². The van der Waals surface area contributed by atoms with Gasteiger partial charge in [0.1, 0.15) is 6.04 Å². The van der Waals surface area contributed by atoms with E-state index < -0.39 is 12.0 Å². The third kappa shape index (κ3) is 3.02. The van der Waals surface area contributed by atoms with Crippen molar-refractivity contribution in [1.82, 2.24) is 4.90 Å². The number of nitrogens with zero attached hydrogens (tertiary/aromatic N) is 1. The zero-order valence-corrected chi connectivity index (χ0v) is 13.6. The lowest BCUT2D eigenvalue weighted by Crippen LogP contribution is -2.45. The van der Waals surface area contributed by atoms with Crippen molar-refractivity contribution in [3.63, 3.8) is 0 Å². The number of carboxylic acid groups (broad SMARTS) is 1. The summed E-state index contributed by atoms with van der Waals surface area (Å²) in [4.78, 5) is 15.4. The molecule has 3 atom stereocenters. The molecular formula is C17H25NO2S. The van der Waals surface area contributed by atoms with Gasteiger partial charge in [-0.1, -0.05) is 26.2 Å². The Hall–Kier alpha value is -0.870. The molecule has 1 aliphatic carbocycles. The lowest BCUT2D eigenvalue weighted by molar-refractivity contribution is -0.145. The quantitative estimate of drug-likeness (QED) is 0.855. The van der Waals surface area contributed by atoms with E-state index in [0.29, 0.717) is 6.04 Å². The first-order valence-electron chi connectivity index (χ1n) is 8.25. The number of thiophene rings is 1. The predicted octanol–water partition coefficient (Wildman–Crippen LogP) is 4.09. The van der Waals surface area contributed by atoms with Gasteiger partial charge in [0.05, 0.1) is 0 Å². The van der Waals surface area contributed by atoms with Crippen molar-refractivity contribution in [2.45, 2.75) is 64.0 Å². The molecule has 1 aromatic rings. The van der Waals surface area contributed by atoms with Crippen molar-refractivity contribution in [2.24, 2.45) is 5.92 Å². The van der Waals surface area contributed by atoms with E-state index in [9.17, 15) is 9.90 Å². The zero-order chi connectivity index (χ0) is 14.8. The SMILES string of the molecule is CCC1CCCC(N2CCc3sccc3C2C(=O)O)CC1. The molecule has 1 saturated carbocycles. The molecule has 0 spiro atoms. The molecule has 1 aromatic heterocycles. The van der Waals surface area contributed by atoms with Crippen molar-refractivity contribution in [3.05, 3.63) is 21.9 Å². The Labute approximate surface area is 131 Å². The summed E-state index contributed by atoms with van der Waals surface area (Å²) < 4.78 is 0. The lowest BCUT2D eigenvalue weighted by atomic mass is 9.94. The van der Waals surface area contributed by atoms with Crippen LogP contribution in [0.1, 0.15) is 61.9 Å². The molecule has 116 valence electrons. The van der Waals surface area contributed by atoms with Crippen LogP contribution in [0.15, 0.2) is 11.4 Å². The highest BCUT2D eigenvalue weighted by atomic mass is 32.1. The highest BCUT2D eigenvalue weighted by Gasteiger charge is 2.37. The van der Waals surface area contributed by atoms with Crippen LogP contribution in [0.5, 0.6) is 0 Å². The number of aliphatic carboxylic acids is 1. The van der Waals surface area contributed by atoms with Gasteiger partial charge >= 0.3 is 5.97 Å². The predicted molar refractivity (Wildman–Crippen MR) is 85.8 cm³/mol. The lowest BCUT2D eigenvalue weighted by Gasteiger charge is -2.39. The summed E-state index contributed by atoms with van der Waals surface area (Å²) in [5.41, 5.74) is 1.05. The van der Waals surface area contributed by atoms with E-state index in [1.807, 2.05) is 11.4 Å². The van der Waals surface area contributed by atoms with Gasteiger partial charge in [-0.15, -0.1) is 11.3 Å². The van der Waals surface area contributed by atoms with Gasteiger partial charge in [0.15, 0.2) is 0 Å². The van der Waals surface area contributed by atoms with E-state index in [1.165, 1.54) is 43.4 Å². The number of carboxylic acids is 1. The molecule has 0 radical (unpaired) electrons.